The number of carboxylic acid groups (broad SMARTS) is 2. The van der Waals surface area contributed by atoms with Gasteiger partial charge in [0.25, 0.3) is 0 Å². The zero-order valence-corrected chi connectivity index (χ0v) is 12.1. The minimum Gasteiger partial charge on any atom is -0.480 e. The van der Waals surface area contributed by atoms with Crippen LogP contribution >= 0.6 is 0 Å². The van der Waals surface area contributed by atoms with Crippen LogP contribution in [0.5, 0.6) is 0 Å². The van der Waals surface area contributed by atoms with E-state index in [4.69, 9.17) is 10.8 Å². The van der Waals surface area contributed by atoms with Crippen molar-refractivity contribution in [1.82, 2.24) is 10.3 Å². The van der Waals surface area contributed by atoms with Gasteiger partial charge in [-0.1, -0.05) is 18.2 Å². The summed E-state index contributed by atoms with van der Waals surface area (Å²) >= 11 is 0. The molecular weight excluding hydrogens is 286 g/mol. The van der Waals surface area contributed by atoms with E-state index in [-0.39, 0.29) is 6.42 Å². The number of nitrogens with one attached hydrogen (secondary N) is 2. The first-order valence-electron chi connectivity index (χ1n) is 6.92. The lowest BCUT2D eigenvalue weighted by Crippen LogP contribution is -2.53. The normalized spacial score (nSPS) is 15.4. The Labute approximate surface area is 127 Å². The molecule has 22 heavy (non-hydrogen) atoms. The van der Waals surface area contributed by atoms with Crippen molar-refractivity contribution in [2.45, 2.75) is 31.5 Å². The third kappa shape index (κ3) is 3.44. The van der Waals surface area contributed by atoms with Crippen LogP contribution in [0.15, 0.2) is 30.5 Å². The number of benzene rings is 1. The Morgan fingerprint density at radius 2 is 1.95 bits per heavy atom. The predicted molar refractivity (Wildman–Crippen MR) is 81.6 cm³/mol. The first kappa shape index (κ1) is 16.0. The summed E-state index contributed by atoms with van der Waals surface area (Å²) in [6, 6.07) is 4.85. The molecule has 0 aliphatic carbocycles. The van der Waals surface area contributed by atoms with Gasteiger partial charge < -0.3 is 20.9 Å². The highest BCUT2D eigenvalue weighted by Gasteiger charge is 2.26. The summed E-state index contributed by atoms with van der Waals surface area (Å²) in [4.78, 5) is 25.4. The van der Waals surface area contributed by atoms with Crippen molar-refractivity contribution in [1.29, 1.82) is 0 Å². The van der Waals surface area contributed by atoms with Gasteiger partial charge in [-0.05, 0) is 18.6 Å². The summed E-state index contributed by atoms with van der Waals surface area (Å²) in [6.07, 6.45) is 2.00. The molecule has 0 amide bonds. The van der Waals surface area contributed by atoms with E-state index in [1.54, 1.807) is 13.1 Å². The van der Waals surface area contributed by atoms with Crippen LogP contribution in [0.25, 0.3) is 10.9 Å². The Kier molecular flexibility index (Phi) is 4.79. The first-order chi connectivity index (χ1) is 10.4. The van der Waals surface area contributed by atoms with Crippen molar-refractivity contribution in [3.8, 4) is 0 Å². The number of hydrogen-bond acceptors (Lipinski definition) is 4. The number of aliphatic carboxylic acids is 2. The van der Waals surface area contributed by atoms with E-state index in [2.05, 4.69) is 10.3 Å². The molecule has 2 aromatic rings. The van der Waals surface area contributed by atoms with E-state index in [1.807, 2.05) is 24.3 Å². The van der Waals surface area contributed by atoms with E-state index in [0.717, 1.165) is 16.5 Å². The maximum atomic E-state index is 11.4. The van der Waals surface area contributed by atoms with E-state index in [0.29, 0.717) is 0 Å². The molecule has 7 heteroatoms. The Bertz CT molecular complexity index is 682. The first-order valence-corrected chi connectivity index (χ1v) is 6.92. The van der Waals surface area contributed by atoms with Gasteiger partial charge in [-0.3, -0.25) is 14.9 Å². The fraction of sp³-hybridized carbons (Fsp3) is 0.333. The molecule has 1 aromatic carbocycles. The van der Waals surface area contributed by atoms with E-state index in [1.165, 1.54) is 0 Å². The number of nitrogens with two attached hydrogens (primary N) is 1. The highest BCUT2D eigenvalue weighted by atomic mass is 16.4. The number of H-pyrrole nitrogens is 1. The number of hydrogen-bond donors (Lipinski definition) is 5. The smallest absolute Gasteiger partial charge is 0.322 e. The predicted octanol–water partition coefficient (Wildman–Crippen LogP) is 0.554. The Morgan fingerprint density at radius 1 is 1.27 bits per heavy atom. The molecule has 0 aliphatic rings. The van der Waals surface area contributed by atoms with E-state index < -0.39 is 30.1 Å². The summed E-state index contributed by atoms with van der Waals surface area (Å²) in [7, 11) is 0. The fourth-order valence-corrected chi connectivity index (χ4v) is 2.37. The van der Waals surface area contributed by atoms with Gasteiger partial charge in [-0.15, -0.1) is 0 Å². The summed E-state index contributed by atoms with van der Waals surface area (Å²) in [6.45, 7) is 1.56. The quantitative estimate of drug-likeness (QED) is 0.508. The number of carboxylic acids is 2. The molecule has 0 saturated heterocycles. The van der Waals surface area contributed by atoms with Crippen LogP contribution in [0, 0.1) is 0 Å². The second-order valence-corrected chi connectivity index (χ2v) is 5.27. The average Bonchev–Trinajstić information content (AvgIpc) is 2.88. The molecule has 3 atom stereocenters. The number of para-hydroxylation sites is 1. The van der Waals surface area contributed by atoms with Gasteiger partial charge in [-0.25, -0.2) is 0 Å². The van der Waals surface area contributed by atoms with Gasteiger partial charge >= 0.3 is 11.9 Å². The molecule has 7 nitrogen and oxygen atoms in total. The van der Waals surface area contributed by atoms with Crippen LogP contribution in [0.1, 0.15) is 12.5 Å². The van der Waals surface area contributed by atoms with Gasteiger partial charge in [-0.2, -0.15) is 0 Å². The van der Waals surface area contributed by atoms with Crippen molar-refractivity contribution < 1.29 is 19.8 Å². The molecule has 1 aromatic heterocycles. The monoisotopic (exact) mass is 305 g/mol. The number of carbonyl (C=O) groups is 2. The minimum atomic E-state index is -1.17. The van der Waals surface area contributed by atoms with Crippen LogP contribution in [-0.2, 0) is 16.0 Å². The van der Waals surface area contributed by atoms with Gasteiger partial charge in [0.05, 0.1) is 0 Å². The van der Waals surface area contributed by atoms with Gasteiger partial charge in [0.15, 0.2) is 0 Å². The maximum Gasteiger partial charge on any atom is 0.322 e. The molecule has 0 fully saturated rings. The summed E-state index contributed by atoms with van der Waals surface area (Å²) in [5.41, 5.74) is 7.29. The molecule has 0 spiro atoms. The molecule has 2 rings (SSSR count). The van der Waals surface area contributed by atoms with Crippen LogP contribution in [-0.4, -0.2) is 45.3 Å². The molecule has 1 heterocycles. The second-order valence-electron chi connectivity index (χ2n) is 5.27. The molecule has 118 valence electrons. The van der Waals surface area contributed by atoms with E-state index in [9.17, 15) is 14.7 Å². The zero-order valence-electron chi connectivity index (χ0n) is 12.1. The average molecular weight is 305 g/mol. The standard InChI is InChI=1S/C15H19N3O4/c1-8(13(16)15(21)22)18-12(14(19)20)6-9-7-17-11-5-3-2-4-10(9)11/h2-5,7-8,12-13,17-18H,6,16H2,1H3,(H,19,20)(H,21,22)/t8-,12+,13+/m1/s1. The highest BCUT2D eigenvalue weighted by Crippen LogP contribution is 2.19. The Balaban J connectivity index is 2.15. The molecule has 0 unspecified atom stereocenters. The van der Waals surface area contributed by atoms with Gasteiger partial charge in [0.2, 0.25) is 0 Å². The maximum absolute atomic E-state index is 11.4. The zero-order chi connectivity index (χ0) is 16.3. The molecule has 0 saturated carbocycles. The van der Waals surface area contributed by atoms with Crippen molar-refractivity contribution in [2.24, 2.45) is 5.73 Å². The number of fused-ring (bicyclic) bond motifs is 1. The highest BCUT2D eigenvalue weighted by molar-refractivity contribution is 5.84. The van der Waals surface area contributed by atoms with Crippen molar-refractivity contribution >= 4 is 22.8 Å². The second kappa shape index (κ2) is 6.59. The molecule has 0 bridgehead atoms. The molecule has 0 aliphatic heterocycles. The number of rotatable bonds is 7. The third-order valence-electron chi connectivity index (χ3n) is 3.68. The van der Waals surface area contributed by atoms with Crippen molar-refractivity contribution in [2.75, 3.05) is 0 Å². The van der Waals surface area contributed by atoms with E-state index >= 15 is 0 Å². The largest absolute Gasteiger partial charge is 0.480 e. The summed E-state index contributed by atoms with van der Waals surface area (Å²) < 4.78 is 0. The van der Waals surface area contributed by atoms with Crippen molar-refractivity contribution in [3.05, 3.63) is 36.0 Å². The Morgan fingerprint density at radius 3 is 2.59 bits per heavy atom. The number of aromatic amines is 1. The molecule has 0 radical (unpaired) electrons. The van der Waals surface area contributed by atoms with Gasteiger partial charge in [0.1, 0.15) is 12.1 Å². The Hall–Kier alpha value is -2.38. The minimum absolute atomic E-state index is 0.232. The SMILES string of the molecule is C[C@@H](N[C@@H](Cc1c[nH]c2ccccc12)C(=O)O)[C@H](N)C(=O)O. The van der Waals surface area contributed by atoms with Crippen LogP contribution < -0.4 is 11.1 Å². The van der Waals surface area contributed by atoms with Gasteiger partial charge in [0, 0.05) is 29.6 Å². The number of aromatic nitrogens is 1. The fourth-order valence-electron chi connectivity index (χ4n) is 2.37. The van der Waals surface area contributed by atoms with Crippen molar-refractivity contribution in [3.63, 3.8) is 0 Å². The summed E-state index contributed by atoms with van der Waals surface area (Å²) in [5, 5.41) is 22.0. The molecule has 6 N–H and O–H groups in total. The summed E-state index contributed by atoms with van der Waals surface area (Å²) in [5.74, 6) is -2.22. The lowest BCUT2D eigenvalue weighted by atomic mass is 10.0. The molecular formula is C15H19N3O4. The topological polar surface area (TPSA) is 128 Å². The van der Waals surface area contributed by atoms with Crippen LogP contribution in [0.3, 0.4) is 0 Å². The van der Waals surface area contributed by atoms with Crippen LogP contribution in [0.2, 0.25) is 0 Å². The lowest BCUT2D eigenvalue weighted by molar-refractivity contribution is -0.142. The lowest BCUT2D eigenvalue weighted by Gasteiger charge is -2.22. The third-order valence-corrected chi connectivity index (χ3v) is 3.68. The van der Waals surface area contributed by atoms with Crippen LogP contribution in [0.4, 0.5) is 0 Å².